The molecule has 0 unspecified atom stereocenters. The minimum absolute atomic E-state index is 0.838. The van der Waals surface area contributed by atoms with Crippen LogP contribution in [0.1, 0.15) is 0 Å². The van der Waals surface area contributed by atoms with Gasteiger partial charge in [-0.3, -0.25) is 0 Å². The Morgan fingerprint density at radius 2 is 2.23 bits per heavy atom. The van der Waals surface area contributed by atoms with E-state index in [0.717, 1.165) is 10.6 Å². The fourth-order valence-corrected chi connectivity index (χ4v) is 3.45. The summed E-state index contributed by atoms with van der Waals surface area (Å²) in [5, 5.41) is 1.18. The molecule has 0 bridgehead atoms. The number of hydrogen-bond donors (Lipinski definition) is 1. The molecule has 0 aliphatic carbocycles. The first-order valence-corrected chi connectivity index (χ1v) is 6.01. The molecule has 2 rings (SSSR count). The van der Waals surface area contributed by atoms with Gasteiger partial charge in [-0.05, 0) is 40.8 Å². The van der Waals surface area contributed by atoms with Crippen molar-refractivity contribution in [1.82, 2.24) is 0 Å². The van der Waals surface area contributed by atoms with Gasteiger partial charge in [-0.15, -0.1) is 24.0 Å². The Bertz CT molecular complexity index is 450. The van der Waals surface area contributed by atoms with Crippen molar-refractivity contribution in [2.75, 3.05) is 7.11 Å². The van der Waals surface area contributed by atoms with Gasteiger partial charge >= 0.3 is 0 Å². The zero-order valence-corrected chi connectivity index (χ0v) is 10.7. The summed E-state index contributed by atoms with van der Waals surface area (Å²) in [6, 6.07) is 6.16. The number of ether oxygens (including phenoxy) is 1. The lowest BCUT2D eigenvalue weighted by atomic mass is 10.2. The summed E-state index contributed by atoms with van der Waals surface area (Å²) in [6.45, 7) is 0. The smallest absolute Gasteiger partial charge is 0.132 e. The molecule has 0 saturated carbocycles. The van der Waals surface area contributed by atoms with Crippen molar-refractivity contribution in [3.8, 4) is 5.75 Å². The third-order valence-corrected chi connectivity index (χ3v) is 4.15. The van der Waals surface area contributed by atoms with E-state index >= 15 is 0 Å². The average Bonchev–Trinajstić information content (AvgIpc) is 2.47. The minimum Gasteiger partial charge on any atom is -0.496 e. The molecule has 1 heterocycles. The summed E-state index contributed by atoms with van der Waals surface area (Å²) in [5.41, 5.74) is 0. The maximum absolute atomic E-state index is 5.19. The van der Waals surface area contributed by atoms with Crippen LogP contribution in [0.4, 0.5) is 0 Å². The largest absolute Gasteiger partial charge is 0.496 e. The zero-order chi connectivity index (χ0) is 9.42. The lowest BCUT2D eigenvalue weighted by molar-refractivity contribution is 0.406. The average molecular weight is 322 g/mol. The summed E-state index contributed by atoms with van der Waals surface area (Å²) < 4.78 is 7.72. The van der Waals surface area contributed by atoms with Crippen LogP contribution in [0.25, 0.3) is 10.1 Å². The first-order valence-electron chi connectivity index (χ1n) is 3.67. The molecule has 0 spiro atoms. The third kappa shape index (κ3) is 1.67. The second-order valence-electron chi connectivity index (χ2n) is 2.58. The van der Waals surface area contributed by atoms with Crippen molar-refractivity contribution in [3.63, 3.8) is 0 Å². The number of thiophene rings is 1. The van der Waals surface area contributed by atoms with Crippen LogP contribution in [-0.2, 0) is 0 Å². The Morgan fingerprint density at radius 3 is 2.92 bits per heavy atom. The van der Waals surface area contributed by atoms with E-state index in [2.05, 4.69) is 47.4 Å². The molecule has 0 amide bonds. The maximum Gasteiger partial charge on any atom is 0.132 e. The van der Waals surface area contributed by atoms with Crippen molar-refractivity contribution >= 4 is 56.6 Å². The van der Waals surface area contributed by atoms with E-state index in [0.29, 0.717) is 0 Å². The number of benzene rings is 1. The zero-order valence-electron chi connectivity index (χ0n) is 6.87. The molecular weight excluding hydrogens is 315 g/mol. The second-order valence-corrected chi connectivity index (χ2v) is 6.00. The summed E-state index contributed by atoms with van der Waals surface area (Å²) >= 11 is 8.52. The van der Waals surface area contributed by atoms with Crippen LogP contribution >= 0.6 is 46.6 Å². The van der Waals surface area contributed by atoms with Crippen LogP contribution < -0.4 is 4.74 Å². The van der Waals surface area contributed by atoms with Gasteiger partial charge in [0.25, 0.3) is 0 Å². The highest BCUT2D eigenvalue weighted by molar-refractivity contribution is 14.1. The fourth-order valence-electron chi connectivity index (χ4n) is 1.21. The highest BCUT2D eigenvalue weighted by Gasteiger charge is 2.06. The molecule has 0 radical (unpaired) electrons. The van der Waals surface area contributed by atoms with Crippen LogP contribution in [0.3, 0.4) is 0 Å². The molecule has 1 aromatic heterocycles. The molecule has 0 aliphatic heterocycles. The lowest BCUT2D eigenvalue weighted by Crippen LogP contribution is -1.83. The van der Waals surface area contributed by atoms with Crippen molar-refractivity contribution in [1.29, 1.82) is 0 Å². The minimum atomic E-state index is 0.838. The molecule has 0 aliphatic rings. The highest BCUT2D eigenvalue weighted by Crippen LogP contribution is 2.36. The van der Waals surface area contributed by atoms with Gasteiger partial charge < -0.3 is 4.74 Å². The molecule has 0 fully saturated rings. The Hall–Kier alpha value is 0.0600. The van der Waals surface area contributed by atoms with Crippen LogP contribution in [0, 0.1) is 2.88 Å². The normalized spacial score (nSPS) is 10.7. The van der Waals surface area contributed by atoms with Crippen LogP contribution in [0.2, 0.25) is 0 Å². The second kappa shape index (κ2) is 3.67. The van der Waals surface area contributed by atoms with Gasteiger partial charge in [-0.1, -0.05) is 0 Å². The van der Waals surface area contributed by atoms with E-state index in [-0.39, 0.29) is 0 Å². The molecule has 13 heavy (non-hydrogen) atoms. The maximum atomic E-state index is 5.19. The van der Waals surface area contributed by atoms with Crippen molar-refractivity contribution in [2.45, 2.75) is 4.90 Å². The van der Waals surface area contributed by atoms with E-state index in [1.807, 2.05) is 6.07 Å². The number of halogens is 1. The van der Waals surface area contributed by atoms with Crippen molar-refractivity contribution in [3.05, 3.63) is 21.1 Å². The molecule has 0 atom stereocenters. The monoisotopic (exact) mass is 322 g/mol. The summed E-state index contributed by atoms with van der Waals surface area (Å²) in [5.74, 6) is 0.838. The predicted octanol–water partition coefficient (Wildman–Crippen LogP) is 3.80. The van der Waals surface area contributed by atoms with Gasteiger partial charge in [0.1, 0.15) is 5.75 Å². The number of hydrogen-bond acceptors (Lipinski definition) is 3. The Balaban J connectivity index is 2.78. The van der Waals surface area contributed by atoms with E-state index in [1.54, 1.807) is 18.4 Å². The van der Waals surface area contributed by atoms with Gasteiger partial charge in [-0.25, -0.2) is 0 Å². The fraction of sp³-hybridized carbons (Fsp3) is 0.111. The molecule has 4 heteroatoms. The van der Waals surface area contributed by atoms with Crippen LogP contribution in [-0.4, -0.2) is 7.11 Å². The van der Waals surface area contributed by atoms with E-state index in [1.165, 1.54) is 13.0 Å². The van der Waals surface area contributed by atoms with Gasteiger partial charge in [0.2, 0.25) is 0 Å². The van der Waals surface area contributed by atoms with E-state index in [4.69, 9.17) is 4.74 Å². The lowest BCUT2D eigenvalue weighted by Gasteiger charge is -2.03. The van der Waals surface area contributed by atoms with Crippen molar-refractivity contribution < 1.29 is 4.74 Å². The number of rotatable bonds is 1. The standard InChI is InChI=1S/C9H7IOS2/c1-11-6-2-3-7-5(9(6)12)4-8(10)13-7/h2-4,12H,1H3. The van der Waals surface area contributed by atoms with Crippen LogP contribution in [0.5, 0.6) is 5.75 Å². The third-order valence-electron chi connectivity index (χ3n) is 1.83. The number of thiol groups is 1. The number of methoxy groups -OCH3 is 1. The SMILES string of the molecule is COc1ccc2sc(I)cc2c1S. The van der Waals surface area contributed by atoms with Crippen LogP contribution in [0.15, 0.2) is 23.1 Å². The molecule has 68 valence electrons. The molecule has 2 aromatic rings. The van der Waals surface area contributed by atoms with Gasteiger partial charge in [0.15, 0.2) is 0 Å². The van der Waals surface area contributed by atoms with Gasteiger partial charge in [-0.2, -0.15) is 0 Å². The Kier molecular flexibility index (Phi) is 2.71. The molecular formula is C9H7IOS2. The van der Waals surface area contributed by atoms with Crippen molar-refractivity contribution in [2.24, 2.45) is 0 Å². The Labute approximate surface area is 99.6 Å². The Morgan fingerprint density at radius 1 is 1.46 bits per heavy atom. The van der Waals surface area contributed by atoms with Gasteiger partial charge in [0.05, 0.1) is 14.9 Å². The first kappa shape index (κ1) is 9.61. The van der Waals surface area contributed by atoms with E-state index < -0.39 is 0 Å². The first-order chi connectivity index (χ1) is 6.22. The highest BCUT2D eigenvalue weighted by atomic mass is 127. The molecule has 0 N–H and O–H groups in total. The number of fused-ring (bicyclic) bond motifs is 1. The van der Waals surface area contributed by atoms with Gasteiger partial charge in [0, 0.05) is 10.1 Å². The summed E-state index contributed by atoms with van der Waals surface area (Å²) in [7, 11) is 1.66. The quantitative estimate of drug-likeness (QED) is 0.621. The summed E-state index contributed by atoms with van der Waals surface area (Å²) in [4.78, 5) is 0.930. The molecule has 0 saturated heterocycles. The molecule has 1 aromatic carbocycles. The van der Waals surface area contributed by atoms with E-state index in [9.17, 15) is 0 Å². The summed E-state index contributed by atoms with van der Waals surface area (Å²) in [6.07, 6.45) is 0. The topological polar surface area (TPSA) is 9.23 Å². The molecule has 1 nitrogen and oxygen atoms in total. The predicted molar refractivity (Wildman–Crippen MR) is 68.3 cm³/mol.